The molecule has 0 saturated carbocycles. The number of carbonyl (C=O) groups is 1. The van der Waals surface area contributed by atoms with Gasteiger partial charge in [-0.05, 0) is 16.5 Å². The zero-order valence-corrected chi connectivity index (χ0v) is 11.1. The summed E-state index contributed by atoms with van der Waals surface area (Å²) in [5.74, 6) is -3.46. The molecule has 0 fully saturated rings. The minimum absolute atomic E-state index is 0.119. The molecule has 0 aliphatic carbocycles. The number of tetrazole rings is 1. The van der Waals surface area contributed by atoms with E-state index in [0.29, 0.717) is 11.9 Å². The summed E-state index contributed by atoms with van der Waals surface area (Å²) in [7, 11) is 0. The highest BCUT2D eigenvalue weighted by atomic mass is 19.2. The summed E-state index contributed by atoms with van der Waals surface area (Å²) < 4.78 is 27.7. The molecule has 0 amide bonds. The van der Waals surface area contributed by atoms with Crippen molar-refractivity contribution in [2.24, 2.45) is 0 Å². The monoisotopic (exact) mass is 282 g/mol. The Balaban J connectivity index is 2.73. The van der Waals surface area contributed by atoms with Gasteiger partial charge in [-0.15, -0.1) is 5.10 Å². The van der Waals surface area contributed by atoms with Gasteiger partial charge in [-0.1, -0.05) is 20.8 Å². The Kier molecular flexibility index (Phi) is 3.24. The molecule has 20 heavy (non-hydrogen) atoms. The molecule has 8 heteroatoms. The number of aromatic carboxylic acids is 1. The minimum Gasteiger partial charge on any atom is -0.478 e. The normalized spacial score (nSPS) is 11.7. The Hall–Kier alpha value is -2.38. The maximum absolute atomic E-state index is 13.4. The molecular weight excluding hydrogens is 270 g/mol. The molecule has 0 bridgehead atoms. The quantitative estimate of drug-likeness (QED) is 0.910. The first-order valence-corrected chi connectivity index (χ1v) is 5.73. The number of hydrogen-bond donors (Lipinski definition) is 1. The van der Waals surface area contributed by atoms with Crippen LogP contribution in [0.25, 0.3) is 5.69 Å². The maximum Gasteiger partial charge on any atom is 0.338 e. The van der Waals surface area contributed by atoms with E-state index in [1.165, 1.54) is 0 Å². The van der Waals surface area contributed by atoms with Crippen molar-refractivity contribution < 1.29 is 18.7 Å². The van der Waals surface area contributed by atoms with Gasteiger partial charge in [-0.2, -0.15) is 4.68 Å². The van der Waals surface area contributed by atoms with Crippen LogP contribution in [0.1, 0.15) is 37.0 Å². The van der Waals surface area contributed by atoms with E-state index in [-0.39, 0.29) is 5.69 Å². The average molecular weight is 282 g/mol. The Bertz CT molecular complexity index is 677. The van der Waals surface area contributed by atoms with E-state index in [1.807, 2.05) is 20.8 Å². The highest BCUT2D eigenvalue weighted by molar-refractivity contribution is 5.92. The first kappa shape index (κ1) is 14.0. The van der Waals surface area contributed by atoms with Crippen molar-refractivity contribution in [3.63, 3.8) is 0 Å². The van der Waals surface area contributed by atoms with Crippen LogP contribution in [-0.4, -0.2) is 31.3 Å². The molecule has 0 unspecified atom stereocenters. The van der Waals surface area contributed by atoms with Crippen molar-refractivity contribution in [2.45, 2.75) is 26.2 Å². The smallest absolute Gasteiger partial charge is 0.338 e. The lowest BCUT2D eigenvalue weighted by Gasteiger charge is -2.18. The summed E-state index contributed by atoms with van der Waals surface area (Å²) in [5.41, 5.74) is -1.03. The fourth-order valence-electron chi connectivity index (χ4n) is 1.70. The predicted octanol–water partition coefficient (Wildman–Crippen LogP) is 1.94. The van der Waals surface area contributed by atoms with Crippen LogP contribution in [0.2, 0.25) is 0 Å². The summed E-state index contributed by atoms with van der Waals surface area (Å²) in [6.07, 6.45) is 0. The minimum atomic E-state index is -1.39. The first-order valence-electron chi connectivity index (χ1n) is 5.73. The molecule has 106 valence electrons. The van der Waals surface area contributed by atoms with Gasteiger partial charge in [0.2, 0.25) is 0 Å². The highest BCUT2D eigenvalue weighted by Gasteiger charge is 2.26. The fourth-order valence-corrected chi connectivity index (χ4v) is 1.70. The number of hydrogen-bond acceptors (Lipinski definition) is 4. The van der Waals surface area contributed by atoms with Crippen LogP contribution in [0.4, 0.5) is 8.78 Å². The molecule has 0 saturated heterocycles. The topological polar surface area (TPSA) is 80.9 Å². The van der Waals surface area contributed by atoms with Gasteiger partial charge in [0.05, 0.1) is 11.3 Å². The van der Waals surface area contributed by atoms with E-state index in [2.05, 4.69) is 15.5 Å². The Morgan fingerprint density at radius 1 is 1.25 bits per heavy atom. The third kappa shape index (κ3) is 2.36. The van der Waals surface area contributed by atoms with Crippen LogP contribution in [0.15, 0.2) is 12.1 Å². The molecule has 0 aliphatic rings. The van der Waals surface area contributed by atoms with Crippen molar-refractivity contribution in [1.82, 2.24) is 20.2 Å². The van der Waals surface area contributed by atoms with Gasteiger partial charge in [0, 0.05) is 11.5 Å². The summed E-state index contributed by atoms with van der Waals surface area (Å²) >= 11 is 0. The molecule has 0 atom stereocenters. The van der Waals surface area contributed by atoms with E-state index >= 15 is 0 Å². The highest BCUT2D eigenvalue weighted by Crippen LogP contribution is 2.25. The second-order valence-corrected chi connectivity index (χ2v) is 5.25. The first-order chi connectivity index (χ1) is 9.21. The largest absolute Gasteiger partial charge is 0.478 e. The molecule has 2 aromatic rings. The Labute approximate surface area is 113 Å². The van der Waals surface area contributed by atoms with Gasteiger partial charge in [-0.25, -0.2) is 13.6 Å². The predicted molar refractivity (Wildman–Crippen MR) is 64.7 cm³/mol. The number of benzene rings is 1. The molecule has 0 radical (unpaired) electrons. The van der Waals surface area contributed by atoms with Crippen molar-refractivity contribution >= 4 is 5.97 Å². The van der Waals surface area contributed by atoms with Gasteiger partial charge in [0.25, 0.3) is 0 Å². The van der Waals surface area contributed by atoms with Crippen molar-refractivity contribution in [3.05, 3.63) is 35.2 Å². The number of carboxylic acids is 1. The number of halogens is 2. The van der Waals surface area contributed by atoms with E-state index in [9.17, 15) is 13.6 Å². The maximum atomic E-state index is 13.4. The van der Waals surface area contributed by atoms with Crippen LogP contribution in [-0.2, 0) is 5.41 Å². The Morgan fingerprint density at radius 2 is 1.85 bits per heavy atom. The lowest BCUT2D eigenvalue weighted by molar-refractivity contribution is 0.0696. The zero-order valence-electron chi connectivity index (χ0n) is 11.1. The van der Waals surface area contributed by atoms with Gasteiger partial charge in [0.15, 0.2) is 17.5 Å². The van der Waals surface area contributed by atoms with Crippen molar-refractivity contribution in [1.29, 1.82) is 0 Å². The van der Waals surface area contributed by atoms with E-state index in [0.717, 1.165) is 10.7 Å². The molecule has 1 heterocycles. The summed E-state index contributed by atoms with van der Waals surface area (Å²) in [6.45, 7) is 5.44. The number of rotatable bonds is 2. The third-order valence-corrected chi connectivity index (χ3v) is 2.64. The fraction of sp³-hybridized carbons (Fsp3) is 0.333. The van der Waals surface area contributed by atoms with E-state index in [4.69, 9.17) is 5.11 Å². The van der Waals surface area contributed by atoms with Gasteiger partial charge in [-0.3, -0.25) is 0 Å². The average Bonchev–Trinajstić information content (AvgIpc) is 2.80. The van der Waals surface area contributed by atoms with Crippen LogP contribution in [0.3, 0.4) is 0 Å². The molecule has 2 rings (SSSR count). The van der Waals surface area contributed by atoms with Gasteiger partial charge in [0.1, 0.15) is 0 Å². The van der Waals surface area contributed by atoms with Gasteiger partial charge < -0.3 is 5.11 Å². The zero-order chi connectivity index (χ0) is 15.1. The lowest BCUT2D eigenvalue weighted by Crippen LogP contribution is -2.20. The van der Waals surface area contributed by atoms with Crippen LogP contribution in [0, 0.1) is 11.6 Å². The summed E-state index contributed by atoms with van der Waals surface area (Å²) in [6, 6.07) is 1.38. The number of nitrogens with zero attached hydrogens (tertiary/aromatic N) is 4. The van der Waals surface area contributed by atoms with Crippen molar-refractivity contribution in [3.8, 4) is 5.69 Å². The molecular formula is C12H12F2N4O2. The van der Waals surface area contributed by atoms with Crippen LogP contribution < -0.4 is 0 Å². The third-order valence-electron chi connectivity index (χ3n) is 2.64. The summed E-state index contributed by atoms with van der Waals surface area (Å²) in [4.78, 5) is 11.2. The second-order valence-electron chi connectivity index (χ2n) is 5.25. The molecule has 6 nitrogen and oxygen atoms in total. The van der Waals surface area contributed by atoms with Gasteiger partial charge >= 0.3 is 5.97 Å². The SMILES string of the molecule is CC(C)(C)c1nnnn1-c1cc(F)c(F)cc1C(=O)O. The second kappa shape index (κ2) is 4.62. The van der Waals surface area contributed by atoms with E-state index < -0.39 is 28.6 Å². The molecule has 1 aromatic carbocycles. The Morgan fingerprint density at radius 3 is 2.40 bits per heavy atom. The molecule has 1 N–H and O–H groups in total. The van der Waals surface area contributed by atoms with Crippen LogP contribution in [0.5, 0.6) is 0 Å². The molecule has 1 aromatic heterocycles. The molecule has 0 spiro atoms. The van der Waals surface area contributed by atoms with E-state index in [1.54, 1.807) is 0 Å². The summed E-state index contributed by atoms with van der Waals surface area (Å²) in [5, 5.41) is 20.1. The van der Waals surface area contributed by atoms with Crippen LogP contribution >= 0.6 is 0 Å². The van der Waals surface area contributed by atoms with Crippen molar-refractivity contribution in [2.75, 3.05) is 0 Å². The molecule has 0 aliphatic heterocycles. The lowest BCUT2D eigenvalue weighted by atomic mass is 9.95. The number of aromatic nitrogens is 4. The number of carboxylic acid groups (broad SMARTS) is 1. The standard InChI is InChI=1S/C12H12F2N4O2/c1-12(2,3)11-15-16-17-18(11)9-5-8(14)7(13)4-6(9)10(19)20/h4-5H,1-3H3,(H,19,20).